The maximum Gasteiger partial charge on any atom is 0.253 e. The second-order valence-electron chi connectivity index (χ2n) is 14.2. The minimum Gasteiger partial charge on any atom is -0.381 e. The number of carbonyl (C=O) groups is 2. The Kier molecular flexibility index (Phi) is 12.2. The lowest BCUT2D eigenvalue weighted by atomic mass is 9.90. The van der Waals surface area contributed by atoms with Crippen molar-refractivity contribution in [1.82, 2.24) is 35.7 Å². The summed E-state index contributed by atoms with van der Waals surface area (Å²) in [7, 11) is 0. The molecule has 12 heteroatoms. The van der Waals surface area contributed by atoms with E-state index in [1.165, 1.54) is 30.8 Å². The van der Waals surface area contributed by atoms with Crippen LogP contribution in [0.25, 0.3) is 22.2 Å². The normalized spacial score (nSPS) is 15.3. The SMILES string of the molecule is CCc1nc2c(cnn2CC)c(NC2CCOCC2)c1CNC(=O)c1cncc(C(=O)NCc2ccc(Cl)c(-c3cccc(CC4CCNCC4)c3)c2)c1. The summed E-state index contributed by atoms with van der Waals surface area (Å²) in [5.74, 6) is 0.0371. The number of aryl methyl sites for hydroxylation is 2. The van der Waals surface area contributed by atoms with Crippen LogP contribution in [0.3, 0.4) is 0 Å². The van der Waals surface area contributed by atoms with Gasteiger partial charge in [-0.3, -0.25) is 14.6 Å². The third-order valence-electron chi connectivity index (χ3n) is 10.6. The molecule has 2 aromatic carbocycles. The van der Waals surface area contributed by atoms with Crippen LogP contribution in [-0.2, 0) is 37.2 Å². The van der Waals surface area contributed by atoms with E-state index in [1.54, 1.807) is 6.07 Å². The largest absolute Gasteiger partial charge is 0.381 e. The van der Waals surface area contributed by atoms with Crippen molar-refractivity contribution >= 4 is 40.1 Å². The number of ether oxygens (including phenoxy) is 1. The Balaban J connectivity index is 1.02. The summed E-state index contributed by atoms with van der Waals surface area (Å²) in [4.78, 5) is 36.1. The number of anilines is 1. The van der Waals surface area contributed by atoms with E-state index in [1.807, 2.05) is 36.0 Å². The van der Waals surface area contributed by atoms with Crippen LogP contribution >= 0.6 is 11.6 Å². The number of fused-ring (bicyclic) bond motifs is 1. The lowest BCUT2D eigenvalue weighted by Crippen LogP contribution is -2.30. The van der Waals surface area contributed by atoms with Gasteiger partial charge in [0.2, 0.25) is 0 Å². The molecule has 5 heterocycles. The van der Waals surface area contributed by atoms with E-state index in [-0.39, 0.29) is 24.4 Å². The number of hydrogen-bond acceptors (Lipinski definition) is 8. The molecular formula is C42H49ClN8O3. The summed E-state index contributed by atoms with van der Waals surface area (Å²) in [6.07, 6.45) is 10.7. The number of halogens is 1. The summed E-state index contributed by atoms with van der Waals surface area (Å²) in [5.41, 5.74) is 8.42. The van der Waals surface area contributed by atoms with Crippen LogP contribution in [0.2, 0.25) is 5.02 Å². The maximum absolute atomic E-state index is 13.6. The standard InChI is InChI=1S/C42H49ClN8O3/c1-3-38-35(39(49-33-12-16-54-17-13-33)36-26-48-51(4-2)40(36)50-38)25-47-42(53)32-21-31(23-45-24-32)41(52)46-22-29-8-9-37(43)34(20-29)30-7-5-6-28(19-30)18-27-10-14-44-15-11-27/h5-9,19-21,23-24,26-27,33,44H,3-4,10-18,22,25H2,1-2H3,(H,46,52)(H,47,53)(H,49,50). The van der Waals surface area contributed by atoms with Gasteiger partial charge in [0.1, 0.15) is 0 Å². The zero-order valence-electron chi connectivity index (χ0n) is 31.1. The molecule has 0 bridgehead atoms. The van der Waals surface area contributed by atoms with E-state index < -0.39 is 0 Å². The molecule has 2 aliphatic rings. The third-order valence-corrected chi connectivity index (χ3v) is 10.9. The molecule has 282 valence electrons. The van der Waals surface area contributed by atoms with E-state index in [4.69, 9.17) is 21.3 Å². The summed E-state index contributed by atoms with van der Waals surface area (Å²) in [5, 5.41) is 19.4. The molecule has 54 heavy (non-hydrogen) atoms. The Labute approximate surface area is 321 Å². The van der Waals surface area contributed by atoms with Crippen LogP contribution < -0.4 is 21.3 Å². The van der Waals surface area contributed by atoms with E-state index in [9.17, 15) is 9.59 Å². The van der Waals surface area contributed by atoms with Crippen molar-refractivity contribution in [3.8, 4) is 11.1 Å². The van der Waals surface area contributed by atoms with Crippen molar-refractivity contribution in [2.75, 3.05) is 31.6 Å². The summed E-state index contributed by atoms with van der Waals surface area (Å²) in [6.45, 7) is 8.94. The van der Waals surface area contributed by atoms with Crippen LogP contribution in [0.1, 0.15) is 82.6 Å². The van der Waals surface area contributed by atoms with Crippen molar-refractivity contribution in [2.24, 2.45) is 5.92 Å². The highest BCUT2D eigenvalue weighted by atomic mass is 35.5. The summed E-state index contributed by atoms with van der Waals surface area (Å²) in [6, 6.07) is 16.2. The number of aromatic nitrogens is 4. The Morgan fingerprint density at radius 1 is 0.907 bits per heavy atom. The first-order valence-corrected chi connectivity index (χ1v) is 19.6. The van der Waals surface area contributed by atoms with Crippen molar-refractivity contribution in [3.05, 3.63) is 106 Å². The molecule has 3 aromatic heterocycles. The van der Waals surface area contributed by atoms with E-state index in [0.717, 1.165) is 77.0 Å². The first kappa shape index (κ1) is 37.5. The Morgan fingerprint density at radius 2 is 1.67 bits per heavy atom. The number of rotatable bonds is 13. The summed E-state index contributed by atoms with van der Waals surface area (Å²) >= 11 is 6.69. The van der Waals surface area contributed by atoms with Crippen molar-refractivity contribution in [3.63, 3.8) is 0 Å². The van der Waals surface area contributed by atoms with Gasteiger partial charge in [0.25, 0.3) is 11.8 Å². The lowest BCUT2D eigenvalue weighted by molar-refractivity contribution is 0.0904. The molecule has 0 radical (unpaired) electrons. The number of piperidine rings is 1. The highest BCUT2D eigenvalue weighted by Crippen LogP contribution is 2.32. The molecule has 2 fully saturated rings. The van der Waals surface area contributed by atoms with Crippen LogP contribution in [0.15, 0.2) is 67.1 Å². The molecule has 5 aromatic rings. The van der Waals surface area contributed by atoms with Crippen LogP contribution in [0, 0.1) is 5.92 Å². The van der Waals surface area contributed by atoms with Crippen LogP contribution in [0.4, 0.5) is 5.69 Å². The molecule has 2 amide bonds. The Hall–Kier alpha value is -4.84. The van der Waals surface area contributed by atoms with Gasteiger partial charge in [0.05, 0.1) is 28.4 Å². The van der Waals surface area contributed by atoms with Gasteiger partial charge < -0.3 is 26.0 Å². The molecular weight excluding hydrogens is 700 g/mol. The first-order valence-electron chi connectivity index (χ1n) is 19.2. The van der Waals surface area contributed by atoms with Gasteiger partial charge >= 0.3 is 0 Å². The number of amides is 2. The van der Waals surface area contributed by atoms with E-state index in [2.05, 4.69) is 62.5 Å². The topological polar surface area (TPSA) is 135 Å². The highest BCUT2D eigenvalue weighted by Gasteiger charge is 2.23. The quantitative estimate of drug-likeness (QED) is 0.104. The monoisotopic (exact) mass is 748 g/mol. The molecule has 4 N–H and O–H groups in total. The Morgan fingerprint density at radius 3 is 2.41 bits per heavy atom. The number of nitrogens with one attached hydrogen (secondary N) is 4. The number of pyridine rings is 2. The summed E-state index contributed by atoms with van der Waals surface area (Å²) < 4.78 is 7.49. The van der Waals surface area contributed by atoms with E-state index in [0.29, 0.717) is 54.8 Å². The average Bonchev–Trinajstić information content (AvgIpc) is 3.63. The van der Waals surface area contributed by atoms with Crippen molar-refractivity contribution < 1.29 is 14.3 Å². The lowest BCUT2D eigenvalue weighted by Gasteiger charge is -2.26. The molecule has 0 atom stereocenters. The fourth-order valence-electron chi connectivity index (χ4n) is 7.53. The van der Waals surface area contributed by atoms with Gasteiger partial charge in [-0.25, -0.2) is 9.67 Å². The molecule has 2 aliphatic heterocycles. The van der Waals surface area contributed by atoms with Gasteiger partial charge in [-0.05, 0) is 99.3 Å². The minimum atomic E-state index is -0.328. The van der Waals surface area contributed by atoms with Crippen molar-refractivity contribution in [2.45, 2.75) is 78.0 Å². The predicted molar refractivity (Wildman–Crippen MR) is 213 cm³/mol. The van der Waals surface area contributed by atoms with Crippen molar-refractivity contribution in [1.29, 1.82) is 0 Å². The van der Waals surface area contributed by atoms with Gasteiger partial charge in [0, 0.05) is 73.1 Å². The fourth-order valence-corrected chi connectivity index (χ4v) is 7.76. The highest BCUT2D eigenvalue weighted by molar-refractivity contribution is 6.33. The molecule has 0 aliphatic carbocycles. The van der Waals surface area contributed by atoms with Gasteiger partial charge in [0.15, 0.2) is 5.65 Å². The molecule has 2 saturated heterocycles. The average molecular weight is 749 g/mol. The van der Waals surface area contributed by atoms with Gasteiger partial charge in [-0.2, -0.15) is 5.10 Å². The minimum absolute atomic E-state index is 0.243. The second kappa shape index (κ2) is 17.5. The zero-order chi connectivity index (χ0) is 37.4. The molecule has 7 rings (SSSR count). The molecule has 0 unspecified atom stereocenters. The number of nitrogens with zero attached hydrogens (tertiary/aromatic N) is 4. The van der Waals surface area contributed by atoms with E-state index >= 15 is 0 Å². The number of benzene rings is 2. The number of hydrogen-bond donors (Lipinski definition) is 4. The molecule has 0 spiro atoms. The van der Waals surface area contributed by atoms with Gasteiger partial charge in [-0.15, -0.1) is 0 Å². The van der Waals surface area contributed by atoms with Crippen LogP contribution in [0.5, 0.6) is 0 Å². The number of carbonyl (C=O) groups excluding carboxylic acids is 2. The second-order valence-corrected chi connectivity index (χ2v) is 14.6. The molecule has 11 nitrogen and oxygen atoms in total. The Bertz CT molecular complexity index is 2110. The predicted octanol–water partition coefficient (Wildman–Crippen LogP) is 6.72. The zero-order valence-corrected chi connectivity index (χ0v) is 31.8. The van der Waals surface area contributed by atoms with Gasteiger partial charge in [-0.1, -0.05) is 48.9 Å². The first-order chi connectivity index (χ1) is 26.4. The maximum atomic E-state index is 13.6. The molecule has 0 saturated carbocycles. The third kappa shape index (κ3) is 8.75. The fraction of sp³-hybridized carbons (Fsp3) is 0.405. The smallest absolute Gasteiger partial charge is 0.253 e. The van der Waals surface area contributed by atoms with Crippen LogP contribution in [-0.4, -0.2) is 63.9 Å².